The van der Waals surface area contributed by atoms with Crippen LogP contribution in [-0.2, 0) is 11.2 Å². The Morgan fingerprint density at radius 3 is 2.31 bits per heavy atom. The lowest BCUT2D eigenvalue weighted by molar-refractivity contribution is -0.134. The molecule has 2 heterocycles. The van der Waals surface area contributed by atoms with Crippen LogP contribution in [0, 0.1) is 5.92 Å². The number of ether oxygens (including phenoxy) is 3. The first kappa shape index (κ1) is 26.8. The Balaban J connectivity index is 1.34. The molecule has 1 saturated heterocycles. The highest BCUT2D eigenvalue weighted by Gasteiger charge is 2.36. The summed E-state index contributed by atoms with van der Waals surface area (Å²) in [6.07, 6.45) is 3.84. The van der Waals surface area contributed by atoms with Gasteiger partial charge >= 0.3 is 0 Å². The molecule has 0 radical (unpaired) electrons. The third-order valence-electron chi connectivity index (χ3n) is 7.82. The lowest BCUT2D eigenvalue weighted by atomic mass is 9.90. The maximum absolute atomic E-state index is 13.8. The van der Waals surface area contributed by atoms with Gasteiger partial charge in [-0.2, -0.15) is 5.10 Å². The molecule has 1 atom stereocenters. The van der Waals surface area contributed by atoms with Gasteiger partial charge in [0, 0.05) is 23.6 Å². The lowest BCUT2D eigenvalue weighted by Crippen LogP contribution is -2.42. The minimum atomic E-state index is -0.283. The molecule has 0 unspecified atom stereocenters. The molecule has 0 saturated carbocycles. The van der Waals surface area contributed by atoms with E-state index in [0.717, 1.165) is 54.9 Å². The average molecular weight is 528 g/mol. The number of benzene rings is 3. The van der Waals surface area contributed by atoms with E-state index in [0.29, 0.717) is 30.4 Å². The number of likely N-dealkylation sites (tertiary alicyclic amines) is 1. The fourth-order valence-corrected chi connectivity index (χ4v) is 5.68. The maximum Gasteiger partial charge on any atom is 0.257 e. The van der Waals surface area contributed by atoms with Gasteiger partial charge in [0.05, 0.1) is 39.6 Å². The topological polar surface area (TPSA) is 63.6 Å². The molecule has 0 aromatic heterocycles. The van der Waals surface area contributed by atoms with Crippen LogP contribution in [0.5, 0.6) is 17.2 Å². The van der Waals surface area contributed by atoms with Crippen molar-refractivity contribution >= 4 is 11.6 Å². The quantitative estimate of drug-likeness (QED) is 0.376. The monoisotopic (exact) mass is 527 g/mol. The molecule has 1 fully saturated rings. The molecular weight excluding hydrogens is 490 g/mol. The Hall–Kier alpha value is -3.84. The van der Waals surface area contributed by atoms with Gasteiger partial charge in [-0.3, -0.25) is 9.69 Å². The molecule has 2 aliphatic heterocycles. The normalized spacial score (nSPS) is 18.1. The van der Waals surface area contributed by atoms with Crippen molar-refractivity contribution in [2.45, 2.75) is 31.7 Å². The number of para-hydroxylation sites is 1. The van der Waals surface area contributed by atoms with Crippen LogP contribution in [0.3, 0.4) is 0 Å². The second kappa shape index (κ2) is 12.3. The zero-order chi connectivity index (χ0) is 27.2. The molecule has 7 heteroatoms. The van der Waals surface area contributed by atoms with Gasteiger partial charge in [0.25, 0.3) is 5.91 Å². The maximum atomic E-state index is 13.8. The Bertz CT molecular complexity index is 1300. The number of piperidine rings is 1. The summed E-state index contributed by atoms with van der Waals surface area (Å²) in [6.45, 7) is 2.17. The van der Waals surface area contributed by atoms with Crippen LogP contribution in [-0.4, -0.2) is 62.5 Å². The number of carbonyl (C=O) groups excluding carboxylic acids is 1. The van der Waals surface area contributed by atoms with E-state index < -0.39 is 0 Å². The van der Waals surface area contributed by atoms with Crippen molar-refractivity contribution in [3.8, 4) is 17.2 Å². The SMILES string of the molecule is COc1ccc([C@@H]2CC(c3ccccc3OC)=NN2C(=O)CN2CCC(Cc3ccccc3)CC2)c(OC)c1. The highest BCUT2D eigenvalue weighted by atomic mass is 16.5. The van der Waals surface area contributed by atoms with Crippen LogP contribution in [0.15, 0.2) is 77.9 Å². The van der Waals surface area contributed by atoms with E-state index >= 15 is 0 Å². The van der Waals surface area contributed by atoms with Gasteiger partial charge in [-0.05, 0) is 68.1 Å². The minimum Gasteiger partial charge on any atom is -0.497 e. The number of amides is 1. The molecule has 1 amide bonds. The Morgan fingerprint density at radius 2 is 1.59 bits per heavy atom. The molecule has 0 N–H and O–H groups in total. The number of hydrazone groups is 1. The summed E-state index contributed by atoms with van der Waals surface area (Å²) in [4.78, 5) is 16.1. The zero-order valence-corrected chi connectivity index (χ0v) is 23.0. The van der Waals surface area contributed by atoms with E-state index in [1.165, 1.54) is 5.56 Å². The third-order valence-corrected chi connectivity index (χ3v) is 7.82. The van der Waals surface area contributed by atoms with Gasteiger partial charge in [0.15, 0.2) is 0 Å². The lowest BCUT2D eigenvalue weighted by Gasteiger charge is -2.33. The first-order chi connectivity index (χ1) is 19.1. The molecule has 0 aliphatic carbocycles. The first-order valence-electron chi connectivity index (χ1n) is 13.6. The second-order valence-corrected chi connectivity index (χ2v) is 10.2. The number of rotatable bonds is 9. The Kier molecular flexibility index (Phi) is 8.47. The van der Waals surface area contributed by atoms with Crippen molar-refractivity contribution in [3.63, 3.8) is 0 Å². The molecule has 0 bridgehead atoms. The third kappa shape index (κ3) is 6.09. The highest BCUT2D eigenvalue weighted by Crippen LogP contribution is 2.40. The summed E-state index contributed by atoms with van der Waals surface area (Å²) < 4.78 is 16.7. The van der Waals surface area contributed by atoms with Crippen LogP contribution in [0.4, 0.5) is 0 Å². The fraction of sp³-hybridized carbons (Fsp3) is 0.375. The predicted octanol–water partition coefficient (Wildman–Crippen LogP) is 5.34. The van der Waals surface area contributed by atoms with Gasteiger partial charge in [-0.15, -0.1) is 0 Å². The molecule has 39 heavy (non-hydrogen) atoms. The molecule has 7 nitrogen and oxygen atoms in total. The summed E-state index contributed by atoms with van der Waals surface area (Å²) >= 11 is 0. The fourth-order valence-electron chi connectivity index (χ4n) is 5.68. The van der Waals surface area contributed by atoms with Crippen molar-refractivity contribution in [1.82, 2.24) is 9.91 Å². The first-order valence-corrected chi connectivity index (χ1v) is 13.6. The smallest absolute Gasteiger partial charge is 0.257 e. The molecule has 204 valence electrons. The van der Waals surface area contributed by atoms with E-state index in [1.54, 1.807) is 26.3 Å². The van der Waals surface area contributed by atoms with Crippen LogP contribution in [0.25, 0.3) is 0 Å². The Labute approximate surface area is 231 Å². The van der Waals surface area contributed by atoms with E-state index in [2.05, 4.69) is 35.2 Å². The molecule has 3 aromatic rings. The number of carbonyl (C=O) groups is 1. The van der Waals surface area contributed by atoms with Crippen molar-refractivity contribution in [2.24, 2.45) is 11.0 Å². The Morgan fingerprint density at radius 1 is 0.872 bits per heavy atom. The van der Waals surface area contributed by atoms with Gasteiger partial charge in [-0.1, -0.05) is 42.5 Å². The largest absolute Gasteiger partial charge is 0.497 e. The van der Waals surface area contributed by atoms with Gasteiger partial charge < -0.3 is 14.2 Å². The standard InChI is InChI=1S/C32H37N3O4/c1-37-25-13-14-27(31(20-25)39-3)29-21-28(26-11-7-8-12-30(26)38-2)33-35(29)32(36)22-34-17-15-24(16-18-34)19-23-9-5-4-6-10-23/h4-14,20,24,29H,15-19,21-22H2,1-3H3/t29-/m0/s1. The second-order valence-electron chi connectivity index (χ2n) is 10.2. The van der Waals surface area contributed by atoms with Crippen molar-refractivity contribution in [3.05, 3.63) is 89.5 Å². The van der Waals surface area contributed by atoms with E-state index in [9.17, 15) is 4.79 Å². The van der Waals surface area contributed by atoms with Gasteiger partial charge in [0.2, 0.25) is 0 Å². The number of hydrogen-bond acceptors (Lipinski definition) is 6. The van der Waals surface area contributed by atoms with Gasteiger partial charge in [0.1, 0.15) is 17.2 Å². The summed E-state index contributed by atoms with van der Waals surface area (Å²) in [7, 11) is 4.93. The van der Waals surface area contributed by atoms with Crippen LogP contribution in [0.1, 0.15) is 42.0 Å². The van der Waals surface area contributed by atoms with Crippen LogP contribution >= 0.6 is 0 Å². The minimum absolute atomic E-state index is 0.00993. The number of nitrogens with zero attached hydrogens (tertiary/aromatic N) is 3. The van der Waals surface area contributed by atoms with Crippen LogP contribution in [0.2, 0.25) is 0 Å². The van der Waals surface area contributed by atoms with Crippen molar-refractivity contribution < 1.29 is 19.0 Å². The van der Waals surface area contributed by atoms with E-state index in [-0.39, 0.29) is 11.9 Å². The summed E-state index contributed by atoms with van der Waals surface area (Å²) in [5, 5.41) is 6.54. The van der Waals surface area contributed by atoms with Gasteiger partial charge in [-0.25, -0.2) is 5.01 Å². The summed E-state index contributed by atoms with van der Waals surface area (Å²) in [5.41, 5.74) is 4.01. The van der Waals surface area contributed by atoms with E-state index in [1.807, 2.05) is 42.5 Å². The molecule has 3 aromatic carbocycles. The highest BCUT2D eigenvalue weighted by molar-refractivity contribution is 6.05. The molecule has 0 spiro atoms. The summed E-state index contributed by atoms with van der Waals surface area (Å²) in [6, 6.07) is 23.9. The number of hydrogen-bond donors (Lipinski definition) is 0. The van der Waals surface area contributed by atoms with Crippen molar-refractivity contribution in [2.75, 3.05) is 41.0 Å². The molecule has 2 aliphatic rings. The summed E-state index contributed by atoms with van der Waals surface area (Å²) in [5.74, 6) is 2.76. The van der Waals surface area contributed by atoms with E-state index in [4.69, 9.17) is 19.3 Å². The molecular formula is C32H37N3O4. The molecule has 5 rings (SSSR count). The van der Waals surface area contributed by atoms with Crippen molar-refractivity contribution in [1.29, 1.82) is 0 Å². The van der Waals surface area contributed by atoms with Crippen LogP contribution < -0.4 is 14.2 Å². The zero-order valence-electron chi connectivity index (χ0n) is 23.0. The number of methoxy groups -OCH3 is 3. The average Bonchev–Trinajstić information content (AvgIpc) is 3.43. The predicted molar refractivity (Wildman–Crippen MR) is 153 cm³/mol.